The lowest BCUT2D eigenvalue weighted by Gasteiger charge is -2.23. The number of aliphatic carboxylic acids is 1. The molecule has 0 amide bonds. The van der Waals surface area contributed by atoms with Crippen molar-refractivity contribution in [1.29, 1.82) is 0 Å². The zero-order valence-corrected chi connectivity index (χ0v) is 13.8. The SMILES string of the molecule is O=C(O)[C@@]12CCC[C@H]1CN(Cc1nc3ccc(Cl)cc3c(=O)[nH]1)C2. The number of benzene rings is 1. The minimum atomic E-state index is -0.692. The van der Waals surface area contributed by atoms with Crippen molar-refractivity contribution >= 4 is 28.5 Å². The molecule has 24 heavy (non-hydrogen) atoms. The van der Waals surface area contributed by atoms with Crippen LogP contribution in [0, 0.1) is 11.3 Å². The molecule has 2 N–H and O–H groups in total. The molecule has 126 valence electrons. The molecular weight excluding hydrogens is 330 g/mol. The van der Waals surface area contributed by atoms with Crippen LogP contribution in [0.1, 0.15) is 25.1 Å². The normalized spacial score (nSPS) is 26.8. The van der Waals surface area contributed by atoms with E-state index in [0.717, 1.165) is 25.8 Å². The van der Waals surface area contributed by atoms with Crippen molar-refractivity contribution in [3.63, 3.8) is 0 Å². The zero-order valence-electron chi connectivity index (χ0n) is 13.1. The smallest absolute Gasteiger partial charge is 0.311 e. The van der Waals surface area contributed by atoms with E-state index >= 15 is 0 Å². The van der Waals surface area contributed by atoms with E-state index in [4.69, 9.17) is 11.6 Å². The first kappa shape index (κ1) is 15.6. The molecule has 0 spiro atoms. The Morgan fingerprint density at radius 1 is 1.50 bits per heavy atom. The van der Waals surface area contributed by atoms with Gasteiger partial charge in [0, 0.05) is 18.1 Å². The monoisotopic (exact) mass is 347 g/mol. The Morgan fingerprint density at radius 3 is 3.08 bits per heavy atom. The average Bonchev–Trinajstić information content (AvgIpc) is 3.06. The summed E-state index contributed by atoms with van der Waals surface area (Å²) in [6.07, 6.45) is 2.68. The number of halogens is 1. The van der Waals surface area contributed by atoms with Crippen molar-refractivity contribution in [1.82, 2.24) is 14.9 Å². The molecule has 1 saturated heterocycles. The van der Waals surface area contributed by atoms with E-state index in [1.54, 1.807) is 18.2 Å². The molecule has 1 aliphatic carbocycles. The molecule has 7 heteroatoms. The fraction of sp³-hybridized carbons (Fsp3) is 0.471. The summed E-state index contributed by atoms with van der Waals surface area (Å²) < 4.78 is 0. The highest BCUT2D eigenvalue weighted by Crippen LogP contribution is 2.49. The van der Waals surface area contributed by atoms with E-state index in [1.165, 1.54) is 0 Å². The molecule has 2 heterocycles. The summed E-state index contributed by atoms with van der Waals surface area (Å²) in [7, 11) is 0. The quantitative estimate of drug-likeness (QED) is 0.889. The minimum absolute atomic E-state index is 0.195. The number of carbonyl (C=O) groups is 1. The fourth-order valence-corrected chi connectivity index (χ4v) is 4.48. The number of likely N-dealkylation sites (tertiary alicyclic amines) is 1. The number of hydrogen-bond donors (Lipinski definition) is 2. The van der Waals surface area contributed by atoms with Gasteiger partial charge < -0.3 is 10.1 Å². The third-order valence-electron chi connectivity index (χ3n) is 5.46. The maximum absolute atomic E-state index is 12.2. The van der Waals surface area contributed by atoms with Gasteiger partial charge >= 0.3 is 5.97 Å². The Bertz CT molecular complexity index is 881. The van der Waals surface area contributed by atoms with E-state index in [-0.39, 0.29) is 11.5 Å². The lowest BCUT2D eigenvalue weighted by atomic mass is 9.81. The third kappa shape index (κ3) is 2.41. The van der Waals surface area contributed by atoms with Crippen LogP contribution in [0.15, 0.2) is 23.0 Å². The molecule has 4 rings (SSSR count). The number of carboxylic acids is 1. The molecule has 2 fully saturated rings. The van der Waals surface area contributed by atoms with Crippen molar-refractivity contribution < 1.29 is 9.90 Å². The largest absolute Gasteiger partial charge is 0.481 e. The first-order chi connectivity index (χ1) is 11.5. The third-order valence-corrected chi connectivity index (χ3v) is 5.69. The number of H-pyrrole nitrogens is 1. The fourth-order valence-electron chi connectivity index (χ4n) is 4.31. The van der Waals surface area contributed by atoms with Crippen LogP contribution in [0.4, 0.5) is 0 Å². The van der Waals surface area contributed by atoms with Gasteiger partial charge in [-0.05, 0) is 37.0 Å². The van der Waals surface area contributed by atoms with Gasteiger partial charge in [0.2, 0.25) is 0 Å². The maximum Gasteiger partial charge on any atom is 0.311 e. The zero-order chi connectivity index (χ0) is 16.9. The lowest BCUT2D eigenvalue weighted by Crippen LogP contribution is -2.35. The standard InChI is InChI=1S/C17H18ClN3O3/c18-11-3-4-13-12(6-11)15(22)20-14(19-13)8-21-7-10-2-1-5-17(10,9-21)16(23)24/h3-4,6,10H,1-2,5,7-9H2,(H,23,24)(H,19,20,22)/t10-,17+/m0/s1. The Labute approximate surface area is 143 Å². The number of rotatable bonds is 3. The first-order valence-electron chi connectivity index (χ1n) is 8.12. The summed E-state index contributed by atoms with van der Waals surface area (Å²) in [5, 5.41) is 10.6. The van der Waals surface area contributed by atoms with Gasteiger partial charge in [-0.2, -0.15) is 0 Å². The van der Waals surface area contributed by atoms with Gasteiger partial charge in [0.05, 0.1) is 22.9 Å². The number of nitrogens with zero attached hydrogens (tertiary/aromatic N) is 2. The predicted molar refractivity (Wildman–Crippen MR) is 90.1 cm³/mol. The van der Waals surface area contributed by atoms with Crippen LogP contribution in [0.3, 0.4) is 0 Å². The Kier molecular flexibility index (Phi) is 3.62. The molecule has 0 unspecified atom stereocenters. The number of nitrogens with one attached hydrogen (secondary N) is 1. The summed E-state index contributed by atoms with van der Waals surface area (Å²) in [5.74, 6) is 0.0680. The van der Waals surface area contributed by atoms with Crippen molar-refractivity contribution in [2.75, 3.05) is 13.1 Å². The van der Waals surface area contributed by atoms with E-state index in [1.807, 2.05) is 0 Å². The van der Waals surface area contributed by atoms with Crippen molar-refractivity contribution in [3.05, 3.63) is 39.4 Å². The van der Waals surface area contributed by atoms with Crippen molar-refractivity contribution in [2.45, 2.75) is 25.8 Å². The molecule has 0 radical (unpaired) electrons. The van der Waals surface area contributed by atoms with Crippen molar-refractivity contribution in [2.24, 2.45) is 11.3 Å². The summed E-state index contributed by atoms with van der Waals surface area (Å²) in [6.45, 7) is 1.73. The molecule has 2 atom stereocenters. The van der Waals surface area contributed by atoms with Gasteiger partial charge in [-0.3, -0.25) is 14.5 Å². The first-order valence-corrected chi connectivity index (χ1v) is 8.50. The average molecular weight is 348 g/mol. The van der Waals surface area contributed by atoms with Crippen LogP contribution in [0.5, 0.6) is 0 Å². The van der Waals surface area contributed by atoms with E-state index in [0.29, 0.717) is 34.8 Å². The molecular formula is C17H18ClN3O3. The van der Waals surface area contributed by atoms with Gasteiger partial charge in [0.1, 0.15) is 5.82 Å². The van der Waals surface area contributed by atoms with E-state index in [2.05, 4.69) is 14.9 Å². The lowest BCUT2D eigenvalue weighted by molar-refractivity contribution is -0.149. The van der Waals surface area contributed by atoms with Crippen LogP contribution in [0.25, 0.3) is 10.9 Å². The highest BCUT2D eigenvalue weighted by Gasteiger charge is 2.54. The Balaban J connectivity index is 1.61. The van der Waals surface area contributed by atoms with E-state index < -0.39 is 11.4 Å². The number of aromatic nitrogens is 2. The number of carboxylic acid groups (broad SMARTS) is 1. The molecule has 1 aromatic carbocycles. The highest BCUT2D eigenvalue weighted by atomic mass is 35.5. The van der Waals surface area contributed by atoms with Gasteiger partial charge in [-0.25, -0.2) is 4.98 Å². The summed E-state index contributed by atoms with van der Waals surface area (Å²) in [6, 6.07) is 5.04. The van der Waals surface area contributed by atoms with Gasteiger partial charge in [-0.15, -0.1) is 0 Å². The molecule has 0 bridgehead atoms. The Hall–Kier alpha value is -1.92. The second-order valence-electron chi connectivity index (χ2n) is 6.89. The molecule has 1 aliphatic heterocycles. The molecule has 2 aliphatic rings. The summed E-state index contributed by atoms with van der Waals surface area (Å²) in [5.41, 5.74) is -0.236. The summed E-state index contributed by atoms with van der Waals surface area (Å²) >= 11 is 5.92. The second kappa shape index (κ2) is 5.57. The number of aromatic amines is 1. The van der Waals surface area contributed by atoms with E-state index in [9.17, 15) is 14.7 Å². The predicted octanol–water partition coefficient (Wildman–Crippen LogP) is 2.26. The molecule has 6 nitrogen and oxygen atoms in total. The van der Waals surface area contributed by atoms with Crippen LogP contribution in [-0.4, -0.2) is 39.0 Å². The van der Waals surface area contributed by atoms with Crippen LogP contribution in [0.2, 0.25) is 5.02 Å². The van der Waals surface area contributed by atoms with Crippen LogP contribution >= 0.6 is 11.6 Å². The van der Waals surface area contributed by atoms with Crippen LogP contribution < -0.4 is 5.56 Å². The second-order valence-corrected chi connectivity index (χ2v) is 7.33. The topological polar surface area (TPSA) is 86.3 Å². The van der Waals surface area contributed by atoms with Crippen molar-refractivity contribution in [3.8, 4) is 0 Å². The van der Waals surface area contributed by atoms with Gasteiger partial charge in [0.15, 0.2) is 0 Å². The van der Waals surface area contributed by atoms with Crippen LogP contribution in [-0.2, 0) is 11.3 Å². The molecule has 1 saturated carbocycles. The van der Waals surface area contributed by atoms with Gasteiger partial charge in [-0.1, -0.05) is 18.0 Å². The summed E-state index contributed by atoms with van der Waals surface area (Å²) in [4.78, 5) is 33.4. The maximum atomic E-state index is 12.2. The molecule has 1 aromatic heterocycles. The Morgan fingerprint density at radius 2 is 2.33 bits per heavy atom. The number of fused-ring (bicyclic) bond motifs is 2. The highest BCUT2D eigenvalue weighted by molar-refractivity contribution is 6.31. The molecule has 2 aromatic rings. The number of hydrogen-bond acceptors (Lipinski definition) is 4. The van der Waals surface area contributed by atoms with Gasteiger partial charge in [0.25, 0.3) is 5.56 Å². The minimum Gasteiger partial charge on any atom is -0.481 e.